The van der Waals surface area contributed by atoms with E-state index in [4.69, 9.17) is 9.84 Å². The first-order chi connectivity index (χ1) is 8.80. The number of hydrogen-bond donors (Lipinski definition) is 2. The number of rotatable bonds is 5. The van der Waals surface area contributed by atoms with Gasteiger partial charge < -0.3 is 15.2 Å². The maximum Gasteiger partial charge on any atom is 0.331 e. The highest BCUT2D eigenvalue weighted by Crippen LogP contribution is 2.09. The number of carbonyl (C=O) groups is 2. The van der Waals surface area contributed by atoms with Crippen LogP contribution in [-0.4, -0.2) is 46.2 Å². The molecule has 1 rings (SSSR count). The second-order valence-corrected chi connectivity index (χ2v) is 4.44. The average molecular weight is 267 g/mol. The van der Waals surface area contributed by atoms with E-state index in [9.17, 15) is 9.59 Å². The fourth-order valence-corrected chi connectivity index (χ4v) is 1.56. The van der Waals surface area contributed by atoms with Crippen molar-refractivity contribution in [2.75, 3.05) is 13.7 Å². The molecule has 0 saturated heterocycles. The van der Waals surface area contributed by atoms with Crippen molar-refractivity contribution in [3.8, 4) is 0 Å². The predicted molar refractivity (Wildman–Crippen MR) is 66.9 cm³/mol. The molecule has 0 fully saturated rings. The van der Waals surface area contributed by atoms with Crippen molar-refractivity contribution in [1.82, 2.24) is 15.3 Å². The molecule has 1 unspecified atom stereocenters. The monoisotopic (exact) mass is 267 g/mol. The van der Waals surface area contributed by atoms with Gasteiger partial charge in [0.1, 0.15) is 5.82 Å². The molecule has 1 aromatic rings. The Bertz CT molecular complexity index is 504. The fourth-order valence-electron chi connectivity index (χ4n) is 1.56. The summed E-state index contributed by atoms with van der Waals surface area (Å²) >= 11 is 0. The Morgan fingerprint density at radius 2 is 2.11 bits per heavy atom. The molecular weight excluding hydrogens is 250 g/mol. The number of nitrogens with zero attached hydrogens (tertiary/aromatic N) is 2. The topological polar surface area (TPSA) is 101 Å². The largest absolute Gasteiger partial charge is 0.479 e. The van der Waals surface area contributed by atoms with E-state index in [0.717, 1.165) is 0 Å². The van der Waals surface area contributed by atoms with Crippen LogP contribution < -0.4 is 5.32 Å². The summed E-state index contributed by atoms with van der Waals surface area (Å²) in [6.07, 6.45) is 1.38. The lowest BCUT2D eigenvalue weighted by Crippen LogP contribution is -2.55. The number of aromatic nitrogens is 2. The highest BCUT2D eigenvalue weighted by Gasteiger charge is 2.35. The SMILES string of the molecule is COCC(C)(NC(=O)c1cnc(C)nc1C)C(=O)O. The van der Waals surface area contributed by atoms with Crippen LogP contribution in [0.2, 0.25) is 0 Å². The van der Waals surface area contributed by atoms with Crippen molar-refractivity contribution >= 4 is 11.9 Å². The molecule has 0 aliphatic rings. The summed E-state index contributed by atoms with van der Waals surface area (Å²) in [4.78, 5) is 31.2. The van der Waals surface area contributed by atoms with Crippen LogP contribution in [-0.2, 0) is 9.53 Å². The van der Waals surface area contributed by atoms with E-state index in [1.807, 2.05) is 0 Å². The fraction of sp³-hybridized carbons (Fsp3) is 0.500. The van der Waals surface area contributed by atoms with Crippen LogP contribution in [0.25, 0.3) is 0 Å². The van der Waals surface area contributed by atoms with E-state index in [1.165, 1.54) is 20.2 Å². The highest BCUT2D eigenvalue weighted by molar-refractivity contribution is 5.98. The van der Waals surface area contributed by atoms with Crippen LogP contribution in [0.15, 0.2) is 6.20 Å². The van der Waals surface area contributed by atoms with Gasteiger partial charge >= 0.3 is 5.97 Å². The average Bonchev–Trinajstić information content (AvgIpc) is 2.28. The number of carboxylic acid groups (broad SMARTS) is 1. The number of hydrogen-bond acceptors (Lipinski definition) is 5. The summed E-state index contributed by atoms with van der Waals surface area (Å²) in [6.45, 7) is 4.61. The molecule has 0 bridgehead atoms. The van der Waals surface area contributed by atoms with Gasteiger partial charge in [-0.1, -0.05) is 0 Å². The standard InChI is InChI=1S/C12H17N3O4/c1-7-9(5-13-8(2)14-7)10(16)15-12(3,6-19-4)11(17)18/h5H,6H2,1-4H3,(H,15,16)(H,17,18). The minimum Gasteiger partial charge on any atom is -0.479 e. The number of methoxy groups -OCH3 is 1. The normalized spacial score (nSPS) is 13.7. The molecule has 0 aromatic carbocycles. The minimum atomic E-state index is -1.50. The predicted octanol–water partition coefficient (Wildman–Crippen LogP) is 0.313. The van der Waals surface area contributed by atoms with Gasteiger partial charge in [0.2, 0.25) is 0 Å². The van der Waals surface area contributed by atoms with Crippen LogP contribution in [0, 0.1) is 13.8 Å². The molecule has 0 radical (unpaired) electrons. The molecule has 7 heteroatoms. The first kappa shape index (κ1) is 15.0. The van der Waals surface area contributed by atoms with E-state index < -0.39 is 17.4 Å². The lowest BCUT2D eigenvalue weighted by atomic mass is 10.0. The molecule has 1 amide bonds. The smallest absolute Gasteiger partial charge is 0.331 e. The van der Waals surface area contributed by atoms with Gasteiger partial charge in [0.25, 0.3) is 5.91 Å². The van der Waals surface area contributed by atoms with Gasteiger partial charge in [0.15, 0.2) is 5.54 Å². The molecule has 2 N–H and O–H groups in total. The Morgan fingerprint density at radius 1 is 1.47 bits per heavy atom. The maximum atomic E-state index is 12.1. The molecule has 1 atom stereocenters. The summed E-state index contributed by atoms with van der Waals surface area (Å²) < 4.78 is 4.83. The number of carboxylic acids is 1. The summed E-state index contributed by atoms with van der Waals surface area (Å²) in [5, 5.41) is 11.6. The molecule has 0 aliphatic heterocycles. The molecule has 104 valence electrons. The number of aliphatic carboxylic acids is 1. The molecule has 1 aromatic heterocycles. The van der Waals surface area contributed by atoms with Crippen molar-refractivity contribution in [3.63, 3.8) is 0 Å². The van der Waals surface area contributed by atoms with Crippen LogP contribution in [0.4, 0.5) is 0 Å². The summed E-state index contributed by atoms with van der Waals surface area (Å²) in [5.41, 5.74) is -0.757. The van der Waals surface area contributed by atoms with Crippen molar-refractivity contribution in [1.29, 1.82) is 0 Å². The summed E-state index contributed by atoms with van der Waals surface area (Å²) in [7, 11) is 1.37. The lowest BCUT2D eigenvalue weighted by molar-refractivity contribution is -0.145. The van der Waals surface area contributed by atoms with E-state index in [1.54, 1.807) is 13.8 Å². The molecule has 19 heavy (non-hydrogen) atoms. The van der Waals surface area contributed by atoms with Gasteiger partial charge in [-0.25, -0.2) is 14.8 Å². The third-order valence-electron chi connectivity index (χ3n) is 2.64. The minimum absolute atomic E-state index is 0.139. The Hall–Kier alpha value is -2.02. The molecule has 1 heterocycles. The zero-order valence-corrected chi connectivity index (χ0v) is 11.4. The van der Waals surface area contributed by atoms with Gasteiger partial charge in [-0.3, -0.25) is 4.79 Å². The van der Waals surface area contributed by atoms with E-state index in [2.05, 4.69) is 15.3 Å². The Kier molecular flexibility index (Phi) is 4.55. The Balaban J connectivity index is 2.97. The van der Waals surface area contributed by atoms with Crippen LogP contribution >= 0.6 is 0 Å². The maximum absolute atomic E-state index is 12.1. The van der Waals surface area contributed by atoms with Crippen molar-refractivity contribution in [2.45, 2.75) is 26.3 Å². The van der Waals surface area contributed by atoms with Gasteiger partial charge in [0.05, 0.1) is 17.9 Å². The zero-order valence-electron chi connectivity index (χ0n) is 11.4. The van der Waals surface area contributed by atoms with E-state index in [-0.39, 0.29) is 12.2 Å². The second-order valence-electron chi connectivity index (χ2n) is 4.44. The first-order valence-corrected chi connectivity index (χ1v) is 5.65. The van der Waals surface area contributed by atoms with E-state index >= 15 is 0 Å². The number of amides is 1. The molecule has 0 saturated carbocycles. The Labute approximate surface area is 111 Å². The molecular formula is C12H17N3O4. The highest BCUT2D eigenvalue weighted by atomic mass is 16.5. The number of carbonyl (C=O) groups excluding carboxylic acids is 1. The van der Waals surface area contributed by atoms with Crippen LogP contribution in [0.5, 0.6) is 0 Å². The van der Waals surface area contributed by atoms with Crippen LogP contribution in [0.1, 0.15) is 28.8 Å². The van der Waals surface area contributed by atoms with Crippen molar-refractivity contribution in [2.24, 2.45) is 0 Å². The molecule has 7 nitrogen and oxygen atoms in total. The number of aryl methyl sites for hydroxylation is 2. The van der Waals surface area contributed by atoms with Gasteiger partial charge in [-0.05, 0) is 20.8 Å². The van der Waals surface area contributed by atoms with Crippen molar-refractivity contribution < 1.29 is 19.4 Å². The van der Waals surface area contributed by atoms with E-state index in [0.29, 0.717) is 11.5 Å². The third kappa shape index (κ3) is 3.47. The van der Waals surface area contributed by atoms with Gasteiger partial charge in [-0.15, -0.1) is 0 Å². The quantitative estimate of drug-likeness (QED) is 0.796. The zero-order chi connectivity index (χ0) is 14.6. The summed E-state index contributed by atoms with van der Waals surface area (Å²) in [5.74, 6) is -1.17. The van der Waals surface area contributed by atoms with Gasteiger partial charge in [0, 0.05) is 13.3 Å². The third-order valence-corrected chi connectivity index (χ3v) is 2.64. The van der Waals surface area contributed by atoms with Gasteiger partial charge in [-0.2, -0.15) is 0 Å². The molecule has 0 spiro atoms. The van der Waals surface area contributed by atoms with Crippen molar-refractivity contribution in [3.05, 3.63) is 23.3 Å². The summed E-state index contributed by atoms with van der Waals surface area (Å²) in [6, 6.07) is 0. The number of nitrogens with one attached hydrogen (secondary N) is 1. The molecule has 0 aliphatic carbocycles. The Morgan fingerprint density at radius 3 is 2.58 bits per heavy atom. The first-order valence-electron chi connectivity index (χ1n) is 5.65. The lowest BCUT2D eigenvalue weighted by Gasteiger charge is -2.25. The van der Waals surface area contributed by atoms with Crippen LogP contribution in [0.3, 0.4) is 0 Å². The number of ether oxygens (including phenoxy) is 1. The second kappa shape index (κ2) is 5.75.